The molecule has 2 saturated heterocycles. The number of carbonyl (C=O) groups excluding carboxylic acids is 1. The second-order valence-corrected chi connectivity index (χ2v) is 7.79. The highest BCUT2D eigenvalue weighted by Crippen LogP contribution is 2.46. The van der Waals surface area contributed by atoms with Crippen molar-refractivity contribution in [3.63, 3.8) is 0 Å². The Morgan fingerprint density at radius 2 is 1.93 bits per heavy atom. The van der Waals surface area contributed by atoms with Crippen molar-refractivity contribution in [3.05, 3.63) is 29.8 Å². The van der Waals surface area contributed by atoms with Crippen LogP contribution in [0.1, 0.15) is 31.2 Å². The maximum absolute atomic E-state index is 12.9. The number of likely N-dealkylation sites (tertiary alicyclic amines) is 1. The standard InChI is InChI=1S/C20H26N2O5/c1-26-16-4-2-14(3-5-16)12-22-13-17(27-20(8-9-20)18(22)23)15-6-10-21(11-7-15)19(24)25/h2-5,15,17H,6-13H2,1H3,(H,24,25). The van der Waals surface area contributed by atoms with Crippen molar-refractivity contribution in [1.29, 1.82) is 0 Å². The van der Waals surface area contributed by atoms with Crippen LogP contribution in [0.2, 0.25) is 0 Å². The second kappa shape index (κ2) is 7.03. The molecule has 2 amide bonds. The Bertz CT molecular complexity index is 708. The predicted molar refractivity (Wildman–Crippen MR) is 97.6 cm³/mol. The number of hydrogen-bond donors (Lipinski definition) is 1. The minimum Gasteiger partial charge on any atom is -0.497 e. The Hall–Kier alpha value is -2.28. The number of methoxy groups -OCH3 is 1. The Morgan fingerprint density at radius 3 is 2.48 bits per heavy atom. The zero-order valence-corrected chi connectivity index (χ0v) is 15.6. The van der Waals surface area contributed by atoms with Crippen LogP contribution in [0.3, 0.4) is 0 Å². The first kappa shape index (κ1) is 18.1. The van der Waals surface area contributed by atoms with Crippen molar-refractivity contribution in [1.82, 2.24) is 9.80 Å². The summed E-state index contributed by atoms with van der Waals surface area (Å²) in [4.78, 5) is 27.4. The van der Waals surface area contributed by atoms with Gasteiger partial charge in [-0.15, -0.1) is 0 Å². The Kier molecular flexibility index (Phi) is 4.72. The molecule has 0 bridgehead atoms. The number of piperidine rings is 1. The van der Waals surface area contributed by atoms with E-state index in [1.54, 1.807) is 7.11 Å². The van der Waals surface area contributed by atoms with Gasteiger partial charge < -0.3 is 24.4 Å². The van der Waals surface area contributed by atoms with E-state index in [2.05, 4.69) is 0 Å². The quantitative estimate of drug-likeness (QED) is 0.875. The lowest BCUT2D eigenvalue weighted by molar-refractivity contribution is -0.175. The molecule has 1 aliphatic carbocycles. The third-order valence-corrected chi connectivity index (χ3v) is 6.03. The summed E-state index contributed by atoms with van der Waals surface area (Å²) in [5, 5.41) is 9.14. The van der Waals surface area contributed by atoms with Crippen LogP contribution in [-0.4, -0.2) is 65.4 Å². The molecule has 146 valence electrons. The molecule has 1 saturated carbocycles. The fourth-order valence-electron chi connectivity index (χ4n) is 4.21. The lowest BCUT2D eigenvalue weighted by Crippen LogP contribution is -2.56. The molecule has 2 heterocycles. The summed E-state index contributed by atoms with van der Waals surface area (Å²) in [6.07, 6.45) is 2.28. The summed E-state index contributed by atoms with van der Waals surface area (Å²) in [5.41, 5.74) is 0.445. The van der Waals surface area contributed by atoms with Crippen LogP contribution in [0.5, 0.6) is 5.75 Å². The highest BCUT2D eigenvalue weighted by Gasteiger charge is 2.58. The minimum absolute atomic E-state index is 0.0145. The number of ether oxygens (including phenoxy) is 2. The molecule has 1 aromatic rings. The summed E-state index contributed by atoms with van der Waals surface area (Å²) in [5.74, 6) is 1.19. The molecule has 3 fully saturated rings. The highest BCUT2D eigenvalue weighted by molar-refractivity contribution is 5.89. The molecule has 1 unspecified atom stereocenters. The van der Waals surface area contributed by atoms with E-state index in [1.807, 2.05) is 29.2 Å². The van der Waals surface area contributed by atoms with Gasteiger partial charge in [0.1, 0.15) is 11.4 Å². The molecule has 0 radical (unpaired) electrons. The number of amides is 2. The van der Waals surface area contributed by atoms with Crippen molar-refractivity contribution in [2.75, 3.05) is 26.7 Å². The maximum Gasteiger partial charge on any atom is 0.407 e. The average Bonchev–Trinajstić information content (AvgIpc) is 3.46. The molecule has 1 atom stereocenters. The smallest absolute Gasteiger partial charge is 0.407 e. The zero-order chi connectivity index (χ0) is 19.0. The summed E-state index contributed by atoms with van der Waals surface area (Å²) < 4.78 is 11.5. The van der Waals surface area contributed by atoms with Gasteiger partial charge >= 0.3 is 6.09 Å². The topological polar surface area (TPSA) is 79.3 Å². The molecule has 7 heteroatoms. The van der Waals surface area contributed by atoms with Crippen LogP contribution in [0.25, 0.3) is 0 Å². The molecule has 4 rings (SSSR count). The van der Waals surface area contributed by atoms with Crippen LogP contribution >= 0.6 is 0 Å². The highest BCUT2D eigenvalue weighted by atomic mass is 16.5. The van der Waals surface area contributed by atoms with Gasteiger partial charge in [0, 0.05) is 26.2 Å². The summed E-state index contributed by atoms with van der Waals surface area (Å²) >= 11 is 0. The van der Waals surface area contributed by atoms with Gasteiger partial charge in [0.25, 0.3) is 5.91 Å². The molecule has 2 aliphatic heterocycles. The third-order valence-electron chi connectivity index (χ3n) is 6.03. The number of rotatable bonds is 4. The van der Waals surface area contributed by atoms with E-state index in [-0.39, 0.29) is 12.0 Å². The fourth-order valence-corrected chi connectivity index (χ4v) is 4.21. The lowest BCUT2D eigenvalue weighted by atomic mass is 9.89. The first-order valence-corrected chi connectivity index (χ1v) is 9.59. The van der Waals surface area contributed by atoms with Crippen LogP contribution in [0.4, 0.5) is 4.79 Å². The minimum atomic E-state index is -0.854. The number of benzene rings is 1. The predicted octanol–water partition coefficient (Wildman–Crippen LogP) is 2.35. The van der Waals surface area contributed by atoms with Gasteiger partial charge in [0.05, 0.1) is 13.2 Å². The number of nitrogens with zero attached hydrogens (tertiary/aromatic N) is 2. The first-order valence-electron chi connectivity index (χ1n) is 9.59. The Labute approximate surface area is 158 Å². The van der Waals surface area contributed by atoms with E-state index in [0.29, 0.717) is 32.1 Å². The van der Waals surface area contributed by atoms with Crippen LogP contribution in [0.15, 0.2) is 24.3 Å². The van der Waals surface area contributed by atoms with Crippen LogP contribution in [0, 0.1) is 5.92 Å². The van der Waals surface area contributed by atoms with E-state index in [9.17, 15) is 9.59 Å². The van der Waals surface area contributed by atoms with Crippen molar-refractivity contribution >= 4 is 12.0 Å². The molecular weight excluding hydrogens is 348 g/mol. The normalized spacial score (nSPS) is 24.9. The van der Waals surface area contributed by atoms with E-state index in [4.69, 9.17) is 14.6 Å². The summed E-state index contributed by atoms with van der Waals surface area (Å²) in [6, 6.07) is 7.79. The number of carboxylic acid groups (broad SMARTS) is 1. The Balaban J connectivity index is 1.44. The number of hydrogen-bond acceptors (Lipinski definition) is 4. The number of morpholine rings is 1. The van der Waals surface area contributed by atoms with Crippen molar-refractivity contribution in [3.8, 4) is 5.75 Å². The van der Waals surface area contributed by atoms with E-state index in [1.165, 1.54) is 4.90 Å². The molecule has 1 spiro atoms. The maximum atomic E-state index is 12.9. The monoisotopic (exact) mass is 374 g/mol. The Morgan fingerprint density at radius 1 is 1.26 bits per heavy atom. The number of carbonyl (C=O) groups is 2. The summed E-state index contributed by atoms with van der Waals surface area (Å²) in [7, 11) is 1.64. The molecule has 1 N–H and O–H groups in total. The largest absolute Gasteiger partial charge is 0.497 e. The summed E-state index contributed by atoms with van der Waals surface area (Å²) in [6.45, 7) is 2.22. The van der Waals surface area contributed by atoms with E-state index in [0.717, 1.165) is 37.0 Å². The molecule has 3 aliphatic rings. The van der Waals surface area contributed by atoms with Crippen molar-refractivity contribution in [2.24, 2.45) is 5.92 Å². The SMILES string of the molecule is COc1ccc(CN2CC(C3CCN(C(=O)O)CC3)OC3(CC3)C2=O)cc1. The third kappa shape index (κ3) is 3.60. The van der Waals surface area contributed by atoms with E-state index < -0.39 is 11.7 Å². The molecule has 1 aromatic carbocycles. The second-order valence-electron chi connectivity index (χ2n) is 7.79. The fraction of sp³-hybridized carbons (Fsp3) is 0.600. The van der Waals surface area contributed by atoms with Gasteiger partial charge in [0.15, 0.2) is 0 Å². The van der Waals surface area contributed by atoms with Gasteiger partial charge in [-0.1, -0.05) is 12.1 Å². The van der Waals surface area contributed by atoms with Crippen molar-refractivity contribution in [2.45, 2.75) is 43.9 Å². The molecule has 27 heavy (non-hydrogen) atoms. The van der Waals surface area contributed by atoms with Gasteiger partial charge in [-0.05, 0) is 49.3 Å². The lowest BCUT2D eigenvalue weighted by Gasteiger charge is -2.43. The van der Waals surface area contributed by atoms with Gasteiger partial charge in [-0.25, -0.2) is 4.79 Å². The zero-order valence-electron chi connectivity index (χ0n) is 15.6. The first-order chi connectivity index (χ1) is 13.0. The molecular formula is C20H26N2O5. The van der Waals surface area contributed by atoms with E-state index >= 15 is 0 Å². The van der Waals surface area contributed by atoms with Gasteiger partial charge in [-0.3, -0.25) is 4.79 Å². The van der Waals surface area contributed by atoms with Gasteiger partial charge in [-0.2, -0.15) is 0 Å². The van der Waals surface area contributed by atoms with Crippen LogP contribution < -0.4 is 4.74 Å². The van der Waals surface area contributed by atoms with Crippen LogP contribution in [-0.2, 0) is 16.1 Å². The molecule has 0 aromatic heterocycles. The van der Waals surface area contributed by atoms with Gasteiger partial charge in [0.2, 0.25) is 0 Å². The average molecular weight is 374 g/mol. The van der Waals surface area contributed by atoms with Crippen molar-refractivity contribution < 1.29 is 24.2 Å². The molecule has 7 nitrogen and oxygen atoms in total.